The molecular formula is C21H22FN3O2. The fourth-order valence-electron chi connectivity index (χ4n) is 2.97. The van der Waals surface area contributed by atoms with E-state index in [0.29, 0.717) is 18.0 Å². The van der Waals surface area contributed by atoms with Crippen LogP contribution in [0, 0.1) is 5.82 Å². The molecule has 0 spiro atoms. The van der Waals surface area contributed by atoms with Gasteiger partial charge >= 0.3 is 0 Å². The maximum Gasteiger partial charge on any atom is 0.254 e. The lowest BCUT2D eigenvalue weighted by Gasteiger charge is -2.25. The third kappa shape index (κ3) is 4.47. The first kappa shape index (κ1) is 18.5. The third-order valence-electron chi connectivity index (χ3n) is 4.23. The smallest absolute Gasteiger partial charge is 0.254 e. The largest absolute Gasteiger partial charge is 0.467 e. The predicted molar refractivity (Wildman–Crippen MR) is 104 cm³/mol. The van der Waals surface area contributed by atoms with Crippen molar-refractivity contribution in [3.63, 3.8) is 0 Å². The molecule has 2 N–H and O–H groups in total. The highest BCUT2D eigenvalue weighted by atomic mass is 19.1. The number of carbonyl (C=O) groups is 1. The molecule has 0 saturated carbocycles. The number of halogens is 1. The summed E-state index contributed by atoms with van der Waals surface area (Å²) in [5.41, 5.74) is 8.72. The molecule has 0 unspecified atom stereocenters. The van der Waals surface area contributed by atoms with Crippen molar-refractivity contribution in [2.45, 2.75) is 13.1 Å². The molecule has 0 fully saturated rings. The van der Waals surface area contributed by atoms with Crippen molar-refractivity contribution < 1.29 is 13.6 Å². The summed E-state index contributed by atoms with van der Waals surface area (Å²) in [6.45, 7) is 0.582. The number of benzene rings is 2. The molecule has 0 bridgehead atoms. The molecule has 0 aliphatic carbocycles. The van der Waals surface area contributed by atoms with Gasteiger partial charge in [0, 0.05) is 37.6 Å². The first-order valence-electron chi connectivity index (χ1n) is 8.57. The van der Waals surface area contributed by atoms with Gasteiger partial charge in [0.25, 0.3) is 5.91 Å². The molecule has 1 amide bonds. The number of hydrogen-bond donors (Lipinski definition) is 1. The summed E-state index contributed by atoms with van der Waals surface area (Å²) in [6, 6.07) is 14.9. The summed E-state index contributed by atoms with van der Waals surface area (Å²) in [5, 5.41) is 0. The van der Waals surface area contributed by atoms with E-state index < -0.39 is 5.82 Å². The zero-order valence-electron chi connectivity index (χ0n) is 15.4. The molecule has 140 valence electrons. The molecular weight excluding hydrogens is 345 g/mol. The molecule has 0 radical (unpaired) electrons. The van der Waals surface area contributed by atoms with Gasteiger partial charge in [-0.3, -0.25) is 4.79 Å². The molecule has 2 aromatic carbocycles. The quantitative estimate of drug-likeness (QED) is 0.671. The minimum Gasteiger partial charge on any atom is -0.467 e. The van der Waals surface area contributed by atoms with Crippen LogP contribution in [0.5, 0.6) is 0 Å². The molecule has 0 aliphatic heterocycles. The van der Waals surface area contributed by atoms with Crippen LogP contribution >= 0.6 is 0 Å². The zero-order chi connectivity index (χ0) is 19.4. The molecule has 1 heterocycles. The van der Waals surface area contributed by atoms with Crippen molar-refractivity contribution in [1.29, 1.82) is 0 Å². The standard InChI is InChI=1S/C21H22FN3O2/c1-24(2)20-9-8-18(23)12-16(20)13-25(14-19-7-4-10-27-19)21(26)15-5-3-6-17(22)11-15/h3-12H,13-14,23H2,1-2H3. The monoisotopic (exact) mass is 367 g/mol. The van der Waals surface area contributed by atoms with E-state index in [4.69, 9.17) is 10.2 Å². The third-order valence-corrected chi connectivity index (χ3v) is 4.23. The van der Waals surface area contributed by atoms with Crippen molar-refractivity contribution in [3.05, 3.63) is 83.6 Å². The number of rotatable bonds is 6. The van der Waals surface area contributed by atoms with Crippen molar-refractivity contribution in [1.82, 2.24) is 4.90 Å². The topological polar surface area (TPSA) is 62.7 Å². The maximum absolute atomic E-state index is 13.6. The Morgan fingerprint density at radius 1 is 1.07 bits per heavy atom. The second-order valence-corrected chi connectivity index (χ2v) is 6.53. The van der Waals surface area contributed by atoms with Gasteiger partial charge in [-0.2, -0.15) is 0 Å². The number of nitrogens with two attached hydrogens (primary N) is 1. The van der Waals surface area contributed by atoms with E-state index in [1.54, 1.807) is 29.4 Å². The highest BCUT2D eigenvalue weighted by Gasteiger charge is 2.20. The van der Waals surface area contributed by atoms with Gasteiger partial charge in [-0.05, 0) is 54.1 Å². The van der Waals surface area contributed by atoms with E-state index in [1.807, 2.05) is 37.2 Å². The van der Waals surface area contributed by atoms with Crippen molar-refractivity contribution in [2.75, 3.05) is 24.7 Å². The van der Waals surface area contributed by atoms with E-state index in [-0.39, 0.29) is 18.0 Å². The minimum absolute atomic E-state index is 0.268. The van der Waals surface area contributed by atoms with Crippen LogP contribution in [0.3, 0.4) is 0 Å². The molecule has 0 aliphatic rings. The highest BCUT2D eigenvalue weighted by Crippen LogP contribution is 2.25. The first-order valence-corrected chi connectivity index (χ1v) is 8.57. The van der Waals surface area contributed by atoms with Crippen molar-refractivity contribution in [2.24, 2.45) is 0 Å². The summed E-state index contributed by atoms with van der Waals surface area (Å²) in [6.07, 6.45) is 1.56. The highest BCUT2D eigenvalue weighted by molar-refractivity contribution is 5.94. The Balaban J connectivity index is 1.95. The second kappa shape index (κ2) is 7.95. The lowest BCUT2D eigenvalue weighted by Crippen LogP contribution is -2.30. The predicted octanol–water partition coefficient (Wildman–Crippen LogP) is 3.91. The SMILES string of the molecule is CN(C)c1ccc(N)cc1CN(Cc1ccco1)C(=O)c1cccc(F)c1. The molecule has 3 rings (SSSR count). The second-order valence-electron chi connectivity index (χ2n) is 6.53. The van der Waals surface area contributed by atoms with E-state index in [0.717, 1.165) is 11.3 Å². The van der Waals surface area contributed by atoms with E-state index >= 15 is 0 Å². The fourth-order valence-corrected chi connectivity index (χ4v) is 2.97. The van der Waals surface area contributed by atoms with Gasteiger partial charge in [-0.1, -0.05) is 6.07 Å². The van der Waals surface area contributed by atoms with Gasteiger partial charge in [0.2, 0.25) is 0 Å². The average molecular weight is 367 g/mol. The Labute approximate surface area is 157 Å². The summed E-state index contributed by atoms with van der Waals surface area (Å²) in [7, 11) is 3.86. The van der Waals surface area contributed by atoms with Crippen LogP contribution in [0.15, 0.2) is 65.3 Å². The van der Waals surface area contributed by atoms with Crippen LogP contribution in [0.1, 0.15) is 21.7 Å². The minimum atomic E-state index is -0.447. The van der Waals surface area contributed by atoms with Crippen LogP contribution in [0.4, 0.5) is 15.8 Å². The number of carbonyl (C=O) groups excluding carboxylic acids is 1. The number of amides is 1. The van der Waals surface area contributed by atoms with Crippen LogP contribution in [-0.2, 0) is 13.1 Å². The summed E-state index contributed by atoms with van der Waals surface area (Å²) in [5.74, 6) is -0.0789. The fraction of sp³-hybridized carbons (Fsp3) is 0.190. The van der Waals surface area contributed by atoms with Gasteiger partial charge in [-0.25, -0.2) is 4.39 Å². The molecule has 0 saturated heterocycles. The molecule has 0 atom stereocenters. The van der Waals surface area contributed by atoms with Gasteiger partial charge < -0.3 is 20.0 Å². The summed E-state index contributed by atoms with van der Waals surface area (Å²) in [4.78, 5) is 16.7. The van der Waals surface area contributed by atoms with E-state index in [9.17, 15) is 9.18 Å². The van der Waals surface area contributed by atoms with Gasteiger partial charge in [0.05, 0.1) is 12.8 Å². The molecule has 27 heavy (non-hydrogen) atoms. The van der Waals surface area contributed by atoms with Gasteiger partial charge in [0.15, 0.2) is 0 Å². The molecule has 3 aromatic rings. The Kier molecular flexibility index (Phi) is 5.45. The number of hydrogen-bond acceptors (Lipinski definition) is 4. The normalized spacial score (nSPS) is 10.6. The number of anilines is 2. The maximum atomic E-state index is 13.6. The van der Waals surface area contributed by atoms with Crippen LogP contribution < -0.4 is 10.6 Å². The zero-order valence-corrected chi connectivity index (χ0v) is 15.4. The van der Waals surface area contributed by atoms with Gasteiger partial charge in [0.1, 0.15) is 11.6 Å². The molecule has 1 aromatic heterocycles. The van der Waals surface area contributed by atoms with Crippen LogP contribution in [-0.4, -0.2) is 24.9 Å². The van der Waals surface area contributed by atoms with Crippen LogP contribution in [0.25, 0.3) is 0 Å². The Hall–Kier alpha value is -3.28. The van der Waals surface area contributed by atoms with Crippen LogP contribution in [0.2, 0.25) is 0 Å². The number of nitrogens with zero attached hydrogens (tertiary/aromatic N) is 2. The lowest BCUT2D eigenvalue weighted by atomic mass is 10.1. The van der Waals surface area contributed by atoms with Crippen molar-refractivity contribution >= 4 is 17.3 Å². The average Bonchev–Trinajstić information content (AvgIpc) is 3.13. The molecule has 5 nitrogen and oxygen atoms in total. The number of nitrogen functional groups attached to an aromatic ring is 1. The molecule has 6 heteroatoms. The number of furan rings is 1. The van der Waals surface area contributed by atoms with E-state index in [1.165, 1.54) is 18.2 Å². The Bertz CT molecular complexity index is 923. The summed E-state index contributed by atoms with van der Waals surface area (Å²) >= 11 is 0. The Morgan fingerprint density at radius 2 is 1.89 bits per heavy atom. The Morgan fingerprint density at radius 3 is 2.56 bits per heavy atom. The first-order chi connectivity index (χ1) is 12.9. The van der Waals surface area contributed by atoms with E-state index in [2.05, 4.69) is 0 Å². The summed E-state index contributed by atoms with van der Waals surface area (Å²) < 4.78 is 19.0. The lowest BCUT2D eigenvalue weighted by molar-refractivity contribution is 0.0717. The van der Waals surface area contributed by atoms with Crippen molar-refractivity contribution in [3.8, 4) is 0 Å². The van der Waals surface area contributed by atoms with Gasteiger partial charge in [-0.15, -0.1) is 0 Å².